The molecule has 1 aromatic heterocycles. The van der Waals surface area contributed by atoms with Gasteiger partial charge in [-0.05, 0) is 59.1 Å². The molecule has 3 rings (SSSR count). The molecule has 1 aromatic carbocycles. The van der Waals surface area contributed by atoms with E-state index in [1.807, 2.05) is 0 Å². The predicted molar refractivity (Wildman–Crippen MR) is 133 cm³/mol. The number of nitrogens with one attached hydrogen (secondary N) is 3. The van der Waals surface area contributed by atoms with Crippen molar-refractivity contribution in [1.29, 1.82) is 0 Å². The van der Waals surface area contributed by atoms with Gasteiger partial charge in [-0.1, -0.05) is 12.5 Å². The largest absolute Gasteiger partial charge is 0.444 e. The Hall–Kier alpha value is -3.76. The van der Waals surface area contributed by atoms with Crippen LogP contribution in [0.2, 0.25) is 0 Å². The zero-order valence-electron chi connectivity index (χ0n) is 21.1. The number of piperidine rings is 1. The molecule has 2 aromatic rings. The monoisotopic (exact) mass is 499 g/mol. The van der Waals surface area contributed by atoms with E-state index in [-0.39, 0.29) is 36.5 Å². The first-order valence-electron chi connectivity index (χ1n) is 12.1. The number of amides is 4. The lowest BCUT2D eigenvalue weighted by molar-refractivity contribution is -0.135. The highest BCUT2D eigenvalue weighted by Crippen LogP contribution is 2.23. The first kappa shape index (κ1) is 26.8. The Labute approximate surface area is 209 Å². The van der Waals surface area contributed by atoms with Gasteiger partial charge in [0.2, 0.25) is 17.7 Å². The van der Waals surface area contributed by atoms with Crippen molar-refractivity contribution in [3.63, 3.8) is 0 Å². The molecule has 4 amide bonds. The summed E-state index contributed by atoms with van der Waals surface area (Å²) in [7, 11) is 0. The third-order valence-corrected chi connectivity index (χ3v) is 5.65. The van der Waals surface area contributed by atoms with Crippen molar-refractivity contribution in [1.82, 2.24) is 20.2 Å². The lowest BCUT2D eigenvalue weighted by Crippen LogP contribution is -2.45. The topological polar surface area (TPSA) is 148 Å². The molecule has 2 heterocycles. The maximum absolute atomic E-state index is 13.2. The SMILES string of the molecule is Cc1nc2c(NC(=O)CCCCCNC(=O)OC(C)(C)C)cccc2c(=O)n1C1CCC(=O)NC1=O. The van der Waals surface area contributed by atoms with Gasteiger partial charge < -0.3 is 15.4 Å². The maximum Gasteiger partial charge on any atom is 0.407 e. The smallest absolute Gasteiger partial charge is 0.407 e. The van der Waals surface area contributed by atoms with Gasteiger partial charge in [-0.25, -0.2) is 9.78 Å². The third kappa shape index (κ3) is 6.89. The molecule has 11 heteroatoms. The van der Waals surface area contributed by atoms with Crippen molar-refractivity contribution in [3.05, 3.63) is 34.4 Å². The number of aryl methyl sites for hydroxylation is 1. The summed E-state index contributed by atoms with van der Waals surface area (Å²) in [5.41, 5.74) is -0.186. The molecule has 0 bridgehead atoms. The third-order valence-electron chi connectivity index (χ3n) is 5.65. The molecule has 1 atom stereocenters. The number of hydrogen-bond donors (Lipinski definition) is 3. The van der Waals surface area contributed by atoms with Crippen LogP contribution in [0, 0.1) is 6.92 Å². The van der Waals surface area contributed by atoms with Gasteiger partial charge in [-0.15, -0.1) is 0 Å². The molecule has 0 spiro atoms. The fraction of sp³-hybridized carbons (Fsp3) is 0.520. The fourth-order valence-corrected chi connectivity index (χ4v) is 4.03. The van der Waals surface area contributed by atoms with Crippen molar-refractivity contribution in [2.45, 2.75) is 77.9 Å². The number of fused-ring (bicyclic) bond motifs is 1. The van der Waals surface area contributed by atoms with Gasteiger partial charge in [-0.2, -0.15) is 0 Å². The van der Waals surface area contributed by atoms with E-state index in [0.717, 1.165) is 6.42 Å². The molecule has 0 radical (unpaired) electrons. The molecule has 36 heavy (non-hydrogen) atoms. The van der Waals surface area contributed by atoms with Crippen LogP contribution in [0.1, 0.15) is 71.2 Å². The fourth-order valence-electron chi connectivity index (χ4n) is 4.03. The summed E-state index contributed by atoms with van der Waals surface area (Å²) in [5.74, 6) is -0.777. The van der Waals surface area contributed by atoms with Crippen LogP contribution in [0.15, 0.2) is 23.0 Å². The summed E-state index contributed by atoms with van der Waals surface area (Å²) in [5, 5.41) is 8.05. The minimum atomic E-state index is -0.810. The Kier molecular flexibility index (Phi) is 8.44. The number of anilines is 1. The van der Waals surface area contributed by atoms with Crippen molar-refractivity contribution in [2.75, 3.05) is 11.9 Å². The van der Waals surface area contributed by atoms with Crippen LogP contribution in [-0.4, -0.2) is 45.5 Å². The number of unbranched alkanes of at least 4 members (excludes halogenated alkanes) is 2. The molecule has 3 N–H and O–H groups in total. The van der Waals surface area contributed by atoms with Crippen LogP contribution < -0.4 is 21.5 Å². The molecule has 11 nitrogen and oxygen atoms in total. The number of hydrogen-bond acceptors (Lipinski definition) is 7. The zero-order valence-corrected chi connectivity index (χ0v) is 21.1. The molecule has 0 saturated carbocycles. The number of para-hydroxylation sites is 1. The summed E-state index contributed by atoms with van der Waals surface area (Å²) < 4.78 is 6.48. The minimum absolute atomic E-state index is 0.146. The van der Waals surface area contributed by atoms with Gasteiger partial charge in [0.15, 0.2) is 0 Å². The number of ether oxygens (including phenoxy) is 1. The van der Waals surface area contributed by atoms with Crippen LogP contribution in [0.4, 0.5) is 10.5 Å². The van der Waals surface area contributed by atoms with Gasteiger partial charge in [0.1, 0.15) is 23.0 Å². The van der Waals surface area contributed by atoms with Crippen LogP contribution in [0.5, 0.6) is 0 Å². The van der Waals surface area contributed by atoms with E-state index >= 15 is 0 Å². The van der Waals surface area contributed by atoms with Gasteiger partial charge in [0.05, 0.1) is 11.1 Å². The second-order valence-corrected chi connectivity index (χ2v) is 9.79. The van der Waals surface area contributed by atoms with Crippen LogP contribution in [-0.2, 0) is 19.1 Å². The highest BCUT2D eigenvalue weighted by atomic mass is 16.6. The van der Waals surface area contributed by atoms with Gasteiger partial charge in [-0.3, -0.25) is 29.1 Å². The summed E-state index contributed by atoms with van der Waals surface area (Å²) in [4.78, 5) is 65.7. The number of benzene rings is 1. The van der Waals surface area contributed by atoms with E-state index in [9.17, 15) is 24.0 Å². The predicted octanol–water partition coefficient (Wildman–Crippen LogP) is 2.71. The molecule has 0 aliphatic carbocycles. The number of aromatic nitrogens is 2. The van der Waals surface area contributed by atoms with E-state index in [0.29, 0.717) is 36.4 Å². The molecular formula is C25H33N5O6. The molecule has 1 aliphatic rings. The van der Waals surface area contributed by atoms with Gasteiger partial charge >= 0.3 is 6.09 Å². The quantitative estimate of drug-likeness (QED) is 0.373. The number of carbonyl (C=O) groups excluding carboxylic acids is 4. The Morgan fingerprint density at radius 1 is 1.17 bits per heavy atom. The molecular weight excluding hydrogens is 466 g/mol. The molecule has 194 valence electrons. The standard InChI is InChI=1S/C25H33N5O6/c1-15-27-21-16(23(34)30(15)18-12-13-20(32)29-22(18)33)9-8-10-17(21)28-19(31)11-6-5-7-14-26-24(35)36-25(2,3)4/h8-10,18H,5-7,11-14H2,1-4H3,(H,26,35)(H,28,31)(H,29,32,33). The van der Waals surface area contributed by atoms with Crippen LogP contribution >= 0.6 is 0 Å². The minimum Gasteiger partial charge on any atom is -0.444 e. The van der Waals surface area contributed by atoms with E-state index in [1.165, 1.54) is 4.57 Å². The Morgan fingerprint density at radius 2 is 1.92 bits per heavy atom. The molecule has 1 aliphatic heterocycles. The van der Waals surface area contributed by atoms with Crippen molar-refractivity contribution >= 4 is 40.4 Å². The summed E-state index contributed by atoms with van der Waals surface area (Å²) in [6.45, 7) is 7.47. The number of rotatable bonds is 8. The van der Waals surface area contributed by atoms with E-state index in [2.05, 4.69) is 20.9 Å². The van der Waals surface area contributed by atoms with Gasteiger partial charge in [0, 0.05) is 19.4 Å². The van der Waals surface area contributed by atoms with Gasteiger partial charge in [0.25, 0.3) is 5.56 Å². The Morgan fingerprint density at radius 3 is 2.61 bits per heavy atom. The average molecular weight is 500 g/mol. The average Bonchev–Trinajstić information content (AvgIpc) is 2.77. The highest BCUT2D eigenvalue weighted by molar-refractivity contribution is 6.01. The second kappa shape index (κ2) is 11.3. The molecule has 1 fully saturated rings. The lowest BCUT2D eigenvalue weighted by Gasteiger charge is -2.24. The summed E-state index contributed by atoms with van der Waals surface area (Å²) in [6.07, 6.45) is 2.26. The Bertz CT molecular complexity index is 1230. The van der Waals surface area contributed by atoms with Crippen molar-refractivity contribution in [3.8, 4) is 0 Å². The zero-order chi connectivity index (χ0) is 26.5. The second-order valence-electron chi connectivity index (χ2n) is 9.79. The maximum atomic E-state index is 13.2. The first-order chi connectivity index (χ1) is 17.0. The van der Waals surface area contributed by atoms with E-state index in [1.54, 1.807) is 45.9 Å². The van der Waals surface area contributed by atoms with Crippen LogP contribution in [0.25, 0.3) is 10.9 Å². The van der Waals surface area contributed by atoms with E-state index in [4.69, 9.17) is 4.74 Å². The first-order valence-corrected chi connectivity index (χ1v) is 12.1. The normalized spacial score (nSPS) is 15.9. The lowest BCUT2D eigenvalue weighted by atomic mass is 10.1. The summed E-state index contributed by atoms with van der Waals surface area (Å²) in [6, 6.07) is 4.11. The van der Waals surface area contributed by atoms with Crippen molar-refractivity contribution in [2.24, 2.45) is 0 Å². The van der Waals surface area contributed by atoms with Crippen LogP contribution in [0.3, 0.4) is 0 Å². The Balaban J connectivity index is 1.59. The van der Waals surface area contributed by atoms with Crippen molar-refractivity contribution < 1.29 is 23.9 Å². The number of imide groups is 1. The number of alkyl carbamates (subject to hydrolysis) is 1. The molecule has 1 saturated heterocycles. The summed E-state index contributed by atoms with van der Waals surface area (Å²) >= 11 is 0. The highest BCUT2D eigenvalue weighted by Gasteiger charge is 2.30. The molecule has 1 unspecified atom stereocenters. The number of carbonyl (C=O) groups is 4. The van der Waals surface area contributed by atoms with E-state index < -0.39 is 29.2 Å². The number of nitrogens with zero attached hydrogens (tertiary/aromatic N) is 2.